The number of hydrogen-bond acceptors (Lipinski definition) is 4. The topological polar surface area (TPSA) is 50.7 Å². The number of benzene rings is 1. The van der Waals surface area contributed by atoms with Crippen molar-refractivity contribution in [2.75, 3.05) is 25.6 Å². The molecule has 0 aliphatic rings. The fourth-order valence-corrected chi connectivity index (χ4v) is 1.71. The molecule has 1 aromatic rings. The van der Waals surface area contributed by atoms with Crippen molar-refractivity contribution >= 4 is 17.3 Å². The lowest BCUT2D eigenvalue weighted by Crippen LogP contribution is -2.26. The van der Waals surface area contributed by atoms with Crippen LogP contribution in [0.25, 0.3) is 0 Å². The zero-order chi connectivity index (χ0) is 14.4. The van der Waals surface area contributed by atoms with Gasteiger partial charge in [0.15, 0.2) is 0 Å². The summed E-state index contributed by atoms with van der Waals surface area (Å²) < 4.78 is 10.6. The number of aryl methyl sites for hydroxylation is 1. The Balaban J connectivity index is 2.59. The van der Waals surface area contributed by atoms with Crippen LogP contribution >= 0.6 is 11.6 Å². The van der Waals surface area contributed by atoms with Crippen LogP contribution in [-0.4, -0.2) is 37.6 Å². The van der Waals surface area contributed by atoms with Gasteiger partial charge in [-0.25, -0.2) is 0 Å². The third-order valence-corrected chi connectivity index (χ3v) is 3.04. The average Bonchev–Trinajstić information content (AvgIpc) is 2.37. The molecule has 0 aliphatic heterocycles. The predicted octanol–water partition coefficient (Wildman–Crippen LogP) is 2.85. The first-order valence-corrected chi connectivity index (χ1v) is 6.69. The van der Waals surface area contributed by atoms with E-state index < -0.39 is 6.10 Å². The normalized spacial score (nSPS) is 12.6. The van der Waals surface area contributed by atoms with Gasteiger partial charge < -0.3 is 19.9 Å². The molecule has 1 rings (SSSR count). The van der Waals surface area contributed by atoms with Crippen LogP contribution in [0.4, 0.5) is 5.69 Å². The van der Waals surface area contributed by atoms with E-state index in [1.165, 1.54) is 0 Å². The Hall–Kier alpha value is -0.970. The predicted molar refractivity (Wildman–Crippen MR) is 78.3 cm³/mol. The molecule has 0 bridgehead atoms. The van der Waals surface area contributed by atoms with E-state index in [0.717, 1.165) is 11.3 Å². The molecule has 2 N–H and O–H groups in total. The Morgan fingerprint density at radius 1 is 1.37 bits per heavy atom. The third-order valence-electron chi connectivity index (χ3n) is 2.63. The smallest absolute Gasteiger partial charge is 0.143 e. The van der Waals surface area contributed by atoms with E-state index in [1.54, 1.807) is 13.2 Å². The quantitative estimate of drug-likeness (QED) is 0.810. The first-order chi connectivity index (χ1) is 8.93. The number of aliphatic hydroxyl groups excluding tert-OH is 1. The van der Waals surface area contributed by atoms with E-state index in [2.05, 4.69) is 5.32 Å². The molecule has 0 aromatic heterocycles. The van der Waals surface area contributed by atoms with Gasteiger partial charge in [-0.2, -0.15) is 0 Å². The maximum Gasteiger partial charge on any atom is 0.143 e. The fraction of sp³-hybridized carbons (Fsp3) is 0.571. The van der Waals surface area contributed by atoms with Crippen molar-refractivity contribution in [3.05, 3.63) is 22.7 Å². The number of methoxy groups -OCH3 is 1. The maximum atomic E-state index is 9.79. The molecule has 5 heteroatoms. The highest BCUT2D eigenvalue weighted by Gasteiger charge is 2.10. The number of nitrogens with one attached hydrogen (secondary N) is 1. The summed E-state index contributed by atoms with van der Waals surface area (Å²) in [4.78, 5) is 0. The Kier molecular flexibility index (Phi) is 6.42. The second kappa shape index (κ2) is 7.58. The van der Waals surface area contributed by atoms with Crippen molar-refractivity contribution in [3.8, 4) is 5.75 Å². The number of hydrogen-bond donors (Lipinski definition) is 2. The molecule has 1 aromatic carbocycles. The van der Waals surface area contributed by atoms with Gasteiger partial charge in [0.2, 0.25) is 0 Å². The molecule has 4 nitrogen and oxygen atoms in total. The van der Waals surface area contributed by atoms with Crippen molar-refractivity contribution in [2.45, 2.75) is 33.0 Å². The van der Waals surface area contributed by atoms with Crippen LogP contribution in [0.1, 0.15) is 19.4 Å². The van der Waals surface area contributed by atoms with Gasteiger partial charge >= 0.3 is 0 Å². The molecule has 0 amide bonds. The van der Waals surface area contributed by atoms with E-state index in [4.69, 9.17) is 21.1 Å². The van der Waals surface area contributed by atoms with Crippen LogP contribution in [0, 0.1) is 6.92 Å². The summed E-state index contributed by atoms with van der Waals surface area (Å²) in [5.74, 6) is 0.660. The highest BCUT2D eigenvalue weighted by Crippen LogP contribution is 2.30. The molecule has 0 radical (unpaired) electrons. The van der Waals surface area contributed by atoms with Crippen molar-refractivity contribution in [3.63, 3.8) is 0 Å². The Morgan fingerprint density at radius 3 is 2.63 bits per heavy atom. The lowest BCUT2D eigenvalue weighted by Gasteiger charge is -2.17. The highest BCUT2D eigenvalue weighted by molar-refractivity contribution is 6.31. The molecule has 0 aliphatic carbocycles. The van der Waals surface area contributed by atoms with Gasteiger partial charge in [0, 0.05) is 17.6 Å². The van der Waals surface area contributed by atoms with E-state index in [-0.39, 0.29) is 6.10 Å². The summed E-state index contributed by atoms with van der Waals surface area (Å²) in [6.07, 6.45) is -0.454. The molecule has 0 saturated carbocycles. The monoisotopic (exact) mass is 287 g/mol. The molecule has 1 unspecified atom stereocenters. The summed E-state index contributed by atoms with van der Waals surface area (Å²) >= 11 is 6.03. The van der Waals surface area contributed by atoms with E-state index >= 15 is 0 Å². The number of rotatable bonds is 7. The minimum absolute atomic E-state index is 0.113. The van der Waals surface area contributed by atoms with Gasteiger partial charge in [-0.05, 0) is 32.4 Å². The summed E-state index contributed by atoms with van der Waals surface area (Å²) in [5, 5.41) is 13.6. The number of aliphatic hydroxyl groups is 1. The Labute approximate surface area is 119 Å². The minimum atomic E-state index is -0.567. The van der Waals surface area contributed by atoms with Crippen molar-refractivity contribution < 1.29 is 14.6 Å². The van der Waals surface area contributed by atoms with E-state index in [9.17, 15) is 5.11 Å². The summed E-state index contributed by atoms with van der Waals surface area (Å²) in [5.41, 5.74) is 1.77. The van der Waals surface area contributed by atoms with Crippen LogP contribution in [0.2, 0.25) is 5.02 Å². The summed E-state index contributed by atoms with van der Waals surface area (Å²) in [6.45, 7) is 6.49. The van der Waals surface area contributed by atoms with Crippen molar-refractivity contribution in [1.82, 2.24) is 0 Å². The zero-order valence-electron chi connectivity index (χ0n) is 11.9. The number of ether oxygens (including phenoxy) is 2. The van der Waals surface area contributed by atoms with E-state index in [1.807, 2.05) is 26.8 Å². The molecular formula is C14H22ClNO3. The second-order valence-electron chi connectivity index (χ2n) is 4.72. The van der Waals surface area contributed by atoms with Gasteiger partial charge in [-0.3, -0.25) is 0 Å². The van der Waals surface area contributed by atoms with Crippen LogP contribution in [0.3, 0.4) is 0 Å². The van der Waals surface area contributed by atoms with Crippen molar-refractivity contribution in [1.29, 1.82) is 0 Å². The average molecular weight is 288 g/mol. The largest absolute Gasteiger partial charge is 0.495 e. The first kappa shape index (κ1) is 16.1. The standard InChI is InChI=1S/C14H22ClNO3/c1-9(2)19-8-11(17)7-16-13-5-10(3)12(15)6-14(13)18-4/h5-6,9,11,16-17H,7-8H2,1-4H3. The first-order valence-electron chi connectivity index (χ1n) is 6.31. The molecule has 0 heterocycles. The second-order valence-corrected chi connectivity index (χ2v) is 5.13. The fourth-order valence-electron chi connectivity index (χ4n) is 1.56. The van der Waals surface area contributed by atoms with Gasteiger partial charge in [0.25, 0.3) is 0 Å². The van der Waals surface area contributed by atoms with Crippen LogP contribution < -0.4 is 10.1 Å². The third kappa shape index (κ3) is 5.27. The number of halogens is 1. The lowest BCUT2D eigenvalue weighted by molar-refractivity contribution is 0.0112. The molecule has 0 fully saturated rings. The van der Waals surface area contributed by atoms with Gasteiger partial charge in [-0.1, -0.05) is 11.6 Å². The number of anilines is 1. The minimum Gasteiger partial charge on any atom is -0.495 e. The zero-order valence-corrected chi connectivity index (χ0v) is 12.6. The Bertz CT molecular complexity index is 410. The lowest BCUT2D eigenvalue weighted by atomic mass is 10.2. The Morgan fingerprint density at radius 2 is 2.05 bits per heavy atom. The van der Waals surface area contributed by atoms with Crippen LogP contribution in [0.15, 0.2) is 12.1 Å². The van der Waals surface area contributed by atoms with Gasteiger partial charge in [0.1, 0.15) is 5.75 Å². The van der Waals surface area contributed by atoms with Gasteiger partial charge in [0.05, 0.1) is 31.6 Å². The molecule has 1 atom stereocenters. The van der Waals surface area contributed by atoms with Gasteiger partial charge in [-0.15, -0.1) is 0 Å². The molecule has 0 saturated heterocycles. The highest BCUT2D eigenvalue weighted by atomic mass is 35.5. The van der Waals surface area contributed by atoms with E-state index in [0.29, 0.717) is 23.9 Å². The summed E-state index contributed by atoms with van der Waals surface area (Å²) in [7, 11) is 1.59. The van der Waals surface area contributed by atoms with Crippen LogP contribution in [0.5, 0.6) is 5.75 Å². The van der Waals surface area contributed by atoms with Crippen molar-refractivity contribution in [2.24, 2.45) is 0 Å². The molecule has 108 valence electrons. The molecule has 0 spiro atoms. The summed E-state index contributed by atoms with van der Waals surface area (Å²) in [6, 6.07) is 3.66. The SMILES string of the molecule is COc1cc(Cl)c(C)cc1NCC(O)COC(C)C. The van der Waals surface area contributed by atoms with Crippen LogP contribution in [-0.2, 0) is 4.74 Å². The maximum absolute atomic E-state index is 9.79. The molecular weight excluding hydrogens is 266 g/mol. The molecule has 19 heavy (non-hydrogen) atoms.